The number of pyridine rings is 3. The predicted octanol–water partition coefficient (Wildman–Crippen LogP) is 5.21. The molecule has 10 nitrogen and oxygen atoms in total. The van der Waals surface area contributed by atoms with Gasteiger partial charge >= 0.3 is 0 Å². The minimum Gasteiger partial charge on any atom is -0.508 e. The number of aromatic hydroxyl groups is 1. The molecule has 0 saturated carbocycles. The fraction of sp³-hybridized carbons (Fsp3) is 0.111. The molecule has 0 bridgehead atoms. The van der Waals surface area contributed by atoms with E-state index in [1.807, 2.05) is 25.1 Å². The van der Waals surface area contributed by atoms with E-state index in [0.717, 1.165) is 18.1 Å². The smallest absolute Gasteiger partial charge is 0.224 e. The van der Waals surface area contributed by atoms with Gasteiger partial charge in [-0.15, -0.1) is 0 Å². The lowest BCUT2D eigenvalue weighted by Crippen LogP contribution is -2.10. The van der Waals surface area contributed by atoms with Gasteiger partial charge in [-0.1, -0.05) is 6.92 Å². The average molecular weight is 509 g/mol. The number of rotatable bonds is 6. The fourth-order valence-corrected chi connectivity index (χ4v) is 4.31. The van der Waals surface area contributed by atoms with Crippen LogP contribution in [-0.2, 0) is 4.79 Å². The molecule has 0 radical (unpaired) electrons. The lowest BCUT2D eigenvalue weighted by molar-refractivity contribution is -0.116. The number of halogens is 1. The van der Waals surface area contributed by atoms with Crippen molar-refractivity contribution in [3.8, 4) is 39.7 Å². The van der Waals surface area contributed by atoms with Crippen LogP contribution in [0.15, 0.2) is 61.2 Å². The number of aromatic nitrogens is 7. The maximum Gasteiger partial charge on any atom is 0.224 e. The first-order valence-corrected chi connectivity index (χ1v) is 11.9. The maximum atomic E-state index is 14.0. The highest BCUT2D eigenvalue weighted by Gasteiger charge is 2.18. The summed E-state index contributed by atoms with van der Waals surface area (Å²) in [5, 5.41) is 20.1. The van der Waals surface area contributed by atoms with E-state index in [4.69, 9.17) is 9.97 Å². The zero-order chi connectivity index (χ0) is 26.2. The highest BCUT2D eigenvalue weighted by Crippen LogP contribution is 2.33. The van der Waals surface area contributed by atoms with Crippen LogP contribution < -0.4 is 5.32 Å². The van der Waals surface area contributed by atoms with Crippen molar-refractivity contribution in [2.24, 2.45) is 0 Å². The second-order valence-electron chi connectivity index (χ2n) is 8.79. The van der Waals surface area contributed by atoms with Crippen LogP contribution >= 0.6 is 0 Å². The van der Waals surface area contributed by atoms with E-state index in [1.54, 1.807) is 24.8 Å². The molecule has 6 aromatic rings. The van der Waals surface area contributed by atoms with Crippen LogP contribution in [0.3, 0.4) is 0 Å². The number of nitrogens with one attached hydrogen (secondary N) is 3. The third-order valence-corrected chi connectivity index (χ3v) is 6.01. The minimum absolute atomic E-state index is 0.0702. The topological polar surface area (TPSA) is 145 Å². The zero-order valence-corrected chi connectivity index (χ0v) is 20.2. The Balaban J connectivity index is 1.41. The van der Waals surface area contributed by atoms with Crippen LogP contribution in [0.1, 0.15) is 19.8 Å². The molecule has 6 rings (SSSR count). The van der Waals surface area contributed by atoms with Gasteiger partial charge in [0.1, 0.15) is 17.1 Å². The van der Waals surface area contributed by atoms with Gasteiger partial charge in [0, 0.05) is 36.0 Å². The van der Waals surface area contributed by atoms with Crippen LogP contribution in [0.25, 0.3) is 56.0 Å². The molecule has 0 atom stereocenters. The number of carbonyl (C=O) groups excluding carboxylic acids is 1. The Labute approximate surface area is 215 Å². The number of hydrogen-bond acceptors (Lipinski definition) is 7. The number of hydrogen-bond donors (Lipinski definition) is 4. The summed E-state index contributed by atoms with van der Waals surface area (Å²) >= 11 is 0. The van der Waals surface area contributed by atoms with Crippen molar-refractivity contribution in [3.63, 3.8) is 0 Å². The molecular weight excluding hydrogens is 487 g/mol. The van der Waals surface area contributed by atoms with Crippen LogP contribution in [0.4, 0.5) is 10.1 Å². The molecule has 0 aliphatic carbocycles. The van der Waals surface area contributed by atoms with Gasteiger partial charge in [-0.3, -0.25) is 19.9 Å². The third kappa shape index (κ3) is 4.30. The standard InChI is InChI=1S/C27H21FN8O2/c1-2-3-23(38)31-17-7-15(10-29-11-17)20-4-5-21-25(32-20)26(36-35-21)27-33-22-13-30-12-19(24(22)34-27)14-6-16(28)9-18(37)8-14/h4-13,37H,2-3H2,1H3,(H,31,38)(H,33,34)(H,35,36). The van der Waals surface area contributed by atoms with Gasteiger partial charge in [0.25, 0.3) is 0 Å². The second-order valence-corrected chi connectivity index (χ2v) is 8.79. The minimum atomic E-state index is -0.564. The first kappa shape index (κ1) is 23.2. The quantitative estimate of drug-likeness (QED) is 0.242. The van der Waals surface area contributed by atoms with E-state index < -0.39 is 5.82 Å². The van der Waals surface area contributed by atoms with E-state index in [-0.39, 0.29) is 11.7 Å². The largest absolute Gasteiger partial charge is 0.508 e. The van der Waals surface area contributed by atoms with Crippen LogP contribution in [0, 0.1) is 5.82 Å². The molecule has 0 unspecified atom stereocenters. The highest BCUT2D eigenvalue weighted by molar-refractivity contribution is 5.96. The van der Waals surface area contributed by atoms with Gasteiger partial charge in [-0.25, -0.2) is 14.4 Å². The molecule has 188 valence electrons. The van der Waals surface area contributed by atoms with Crippen molar-refractivity contribution >= 4 is 33.7 Å². The number of anilines is 1. The van der Waals surface area contributed by atoms with Crippen LogP contribution in [-0.4, -0.2) is 46.1 Å². The molecule has 0 spiro atoms. The van der Waals surface area contributed by atoms with Crippen molar-refractivity contribution in [2.75, 3.05) is 5.32 Å². The first-order valence-electron chi connectivity index (χ1n) is 11.9. The fourth-order valence-electron chi connectivity index (χ4n) is 4.31. The summed E-state index contributed by atoms with van der Waals surface area (Å²) < 4.78 is 14.0. The monoisotopic (exact) mass is 508 g/mol. The van der Waals surface area contributed by atoms with Gasteiger partial charge in [0.2, 0.25) is 5.91 Å². The maximum absolute atomic E-state index is 14.0. The lowest BCUT2D eigenvalue weighted by Gasteiger charge is -2.06. The van der Waals surface area contributed by atoms with Crippen molar-refractivity contribution < 1.29 is 14.3 Å². The van der Waals surface area contributed by atoms with Crippen LogP contribution in [0.2, 0.25) is 0 Å². The summed E-state index contributed by atoms with van der Waals surface area (Å²) in [5.41, 5.74) is 5.93. The molecular formula is C27H21FN8O2. The second kappa shape index (κ2) is 9.36. The summed E-state index contributed by atoms with van der Waals surface area (Å²) in [6.45, 7) is 1.95. The summed E-state index contributed by atoms with van der Waals surface area (Å²) in [7, 11) is 0. The van der Waals surface area contributed by atoms with Gasteiger partial charge < -0.3 is 15.4 Å². The van der Waals surface area contributed by atoms with Crippen molar-refractivity contribution in [3.05, 3.63) is 67.0 Å². The van der Waals surface area contributed by atoms with Gasteiger partial charge in [-0.2, -0.15) is 5.10 Å². The molecule has 1 aromatic carbocycles. The lowest BCUT2D eigenvalue weighted by atomic mass is 10.1. The predicted molar refractivity (Wildman–Crippen MR) is 141 cm³/mol. The molecule has 0 aliphatic heterocycles. The van der Waals surface area contributed by atoms with Crippen molar-refractivity contribution in [1.82, 2.24) is 35.1 Å². The number of carbonyl (C=O) groups is 1. The van der Waals surface area contributed by atoms with Gasteiger partial charge in [0.15, 0.2) is 11.5 Å². The molecule has 11 heteroatoms. The van der Waals surface area contributed by atoms with E-state index in [0.29, 0.717) is 62.5 Å². The Kier molecular flexibility index (Phi) is 5.72. The molecule has 0 fully saturated rings. The van der Waals surface area contributed by atoms with Crippen molar-refractivity contribution in [2.45, 2.75) is 19.8 Å². The Bertz CT molecular complexity index is 1810. The SMILES string of the molecule is CCCC(=O)Nc1cncc(-c2ccc3[nH]nc(-c4nc5c(-c6cc(O)cc(F)c6)cncc5[nH]4)c3n2)c1. The summed E-state index contributed by atoms with van der Waals surface area (Å²) in [6, 6.07) is 9.34. The zero-order valence-electron chi connectivity index (χ0n) is 20.2. The number of H-pyrrole nitrogens is 2. The number of imidazole rings is 1. The highest BCUT2D eigenvalue weighted by atomic mass is 19.1. The van der Waals surface area contributed by atoms with Gasteiger partial charge in [-0.05, 0) is 42.3 Å². The number of amides is 1. The molecule has 1 amide bonds. The molecule has 0 saturated heterocycles. The normalized spacial score (nSPS) is 11.3. The number of nitrogens with zero attached hydrogens (tertiary/aromatic N) is 5. The van der Waals surface area contributed by atoms with E-state index in [1.165, 1.54) is 12.1 Å². The number of phenols is 1. The Morgan fingerprint density at radius 1 is 0.974 bits per heavy atom. The molecule has 5 heterocycles. The molecule has 5 aromatic heterocycles. The number of benzene rings is 1. The molecule has 4 N–H and O–H groups in total. The average Bonchev–Trinajstić information content (AvgIpc) is 3.52. The third-order valence-electron chi connectivity index (χ3n) is 6.01. The van der Waals surface area contributed by atoms with Gasteiger partial charge in [0.05, 0.1) is 40.3 Å². The number of phenolic OH excluding ortho intramolecular Hbond substituents is 1. The summed E-state index contributed by atoms with van der Waals surface area (Å²) in [5.74, 6) is -0.374. The Morgan fingerprint density at radius 3 is 2.68 bits per heavy atom. The van der Waals surface area contributed by atoms with E-state index in [9.17, 15) is 14.3 Å². The van der Waals surface area contributed by atoms with Crippen LogP contribution in [0.5, 0.6) is 5.75 Å². The van der Waals surface area contributed by atoms with Crippen molar-refractivity contribution in [1.29, 1.82) is 0 Å². The molecule has 38 heavy (non-hydrogen) atoms. The first-order chi connectivity index (χ1) is 18.5. The Morgan fingerprint density at radius 2 is 1.84 bits per heavy atom. The Hall–Kier alpha value is -5.19. The van der Waals surface area contributed by atoms with E-state index in [2.05, 4.69) is 30.5 Å². The van der Waals surface area contributed by atoms with E-state index >= 15 is 0 Å². The number of fused-ring (bicyclic) bond motifs is 2. The molecule has 0 aliphatic rings. The number of aromatic amines is 2. The summed E-state index contributed by atoms with van der Waals surface area (Å²) in [6.07, 6.45) is 7.65. The summed E-state index contributed by atoms with van der Waals surface area (Å²) in [4.78, 5) is 33.3.